The van der Waals surface area contributed by atoms with Crippen LogP contribution in [0.5, 0.6) is 0 Å². The number of nitrogens with one attached hydrogen (secondary N) is 1. The summed E-state index contributed by atoms with van der Waals surface area (Å²) < 4.78 is 0. The zero-order valence-electron chi connectivity index (χ0n) is 13.1. The molecular formula is C17H24N2OS. The Hall–Kier alpha value is -1.00. The van der Waals surface area contributed by atoms with Gasteiger partial charge in [-0.15, -0.1) is 0 Å². The van der Waals surface area contributed by atoms with Gasteiger partial charge in [0.15, 0.2) is 0 Å². The Bertz CT molecular complexity index is 541. The molecular weight excluding hydrogens is 280 g/mol. The SMILES string of the molecule is CSCCC(C)N1C(=O)C2(CC2)NC1c1cccc(C)c1. The molecule has 1 heterocycles. The first-order valence-electron chi connectivity index (χ1n) is 7.73. The fourth-order valence-electron chi connectivity index (χ4n) is 3.21. The van der Waals surface area contributed by atoms with E-state index in [0.29, 0.717) is 5.91 Å². The van der Waals surface area contributed by atoms with Crippen LogP contribution in [0, 0.1) is 6.92 Å². The van der Waals surface area contributed by atoms with E-state index in [1.165, 1.54) is 11.1 Å². The third-order valence-corrected chi connectivity index (χ3v) is 5.30. The van der Waals surface area contributed by atoms with Crippen molar-refractivity contribution in [3.8, 4) is 0 Å². The monoisotopic (exact) mass is 304 g/mol. The summed E-state index contributed by atoms with van der Waals surface area (Å²) in [6.07, 6.45) is 5.18. The number of hydrogen-bond donors (Lipinski definition) is 1. The van der Waals surface area contributed by atoms with Crippen molar-refractivity contribution < 1.29 is 4.79 Å². The minimum Gasteiger partial charge on any atom is -0.319 e. The Kier molecular flexibility index (Phi) is 4.02. The molecule has 1 aliphatic carbocycles. The molecule has 2 fully saturated rings. The topological polar surface area (TPSA) is 32.3 Å². The van der Waals surface area contributed by atoms with Crippen molar-refractivity contribution in [2.24, 2.45) is 0 Å². The maximum atomic E-state index is 12.8. The van der Waals surface area contributed by atoms with Gasteiger partial charge in [-0.05, 0) is 50.7 Å². The summed E-state index contributed by atoms with van der Waals surface area (Å²) in [4.78, 5) is 14.9. The van der Waals surface area contributed by atoms with Crippen LogP contribution in [-0.2, 0) is 4.79 Å². The van der Waals surface area contributed by atoms with Gasteiger partial charge in [-0.25, -0.2) is 0 Å². The summed E-state index contributed by atoms with van der Waals surface area (Å²) in [6, 6.07) is 8.80. The molecule has 1 aliphatic heterocycles. The van der Waals surface area contributed by atoms with E-state index in [9.17, 15) is 4.79 Å². The standard InChI is InChI=1S/C17H24N2OS/c1-12-5-4-6-14(11-12)15-18-17(8-9-17)16(20)19(15)13(2)7-10-21-3/h4-6,11,13,15,18H,7-10H2,1-3H3. The molecule has 0 bridgehead atoms. The number of amides is 1. The van der Waals surface area contributed by atoms with E-state index in [1.54, 1.807) is 0 Å². The van der Waals surface area contributed by atoms with Crippen LogP contribution < -0.4 is 5.32 Å². The lowest BCUT2D eigenvalue weighted by Gasteiger charge is -2.30. The lowest BCUT2D eigenvalue weighted by atomic mass is 10.1. The van der Waals surface area contributed by atoms with Gasteiger partial charge in [0.05, 0.1) is 0 Å². The minimum atomic E-state index is -0.248. The van der Waals surface area contributed by atoms with Crippen molar-refractivity contribution in [2.45, 2.75) is 50.9 Å². The van der Waals surface area contributed by atoms with Crippen LogP contribution in [-0.4, -0.2) is 34.4 Å². The van der Waals surface area contributed by atoms with Crippen molar-refractivity contribution >= 4 is 17.7 Å². The quantitative estimate of drug-likeness (QED) is 0.907. The summed E-state index contributed by atoms with van der Waals surface area (Å²) in [5.74, 6) is 1.40. The van der Waals surface area contributed by atoms with Gasteiger partial charge in [0.1, 0.15) is 11.7 Å². The van der Waals surface area contributed by atoms with E-state index in [2.05, 4.69) is 54.6 Å². The van der Waals surface area contributed by atoms with Gasteiger partial charge >= 0.3 is 0 Å². The molecule has 1 aromatic rings. The van der Waals surface area contributed by atoms with Crippen molar-refractivity contribution in [2.75, 3.05) is 12.0 Å². The maximum absolute atomic E-state index is 12.8. The van der Waals surface area contributed by atoms with E-state index < -0.39 is 0 Å². The van der Waals surface area contributed by atoms with Crippen LogP contribution in [0.1, 0.15) is 43.5 Å². The first-order chi connectivity index (χ1) is 10.1. The van der Waals surface area contributed by atoms with E-state index in [1.807, 2.05) is 11.8 Å². The number of carbonyl (C=O) groups is 1. The van der Waals surface area contributed by atoms with Crippen LogP contribution in [0.3, 0.4) is 0 Å². The zero-order valence-corrected chi connectivity index (χ0v) is 13.9. The Morgan fingerprint density at radius 1 is 1.48 bits per heavy atom. The number of nitrogens with zero attached hydrogens (tertiary/aromatic N) is 1. The molecule has 2 aliphatic rings. The Morgan fingerprint density at radius 2 is 2.24 bits per heavy atom. The van der Waals surface area contributed by atoms with Gasteiger partial charge in [0.25, 0.3) is 0 Å². The fourth-order valence-corrected chi connectivity index (χ4v) is 3.78. The molecule has 1 amide bonds. The van der Waals surface area contributed by atoms with Gasteiger partial charge < -0.3 is 4.90 Å². The maximum Gasteiger partial charge on any atom is 0.244 e. The normalized spacial score (nSPS) is 24.6. The molecule has 114 valence electrons. The van der Waals surface area contributed by atoms with E-state index in [0.717, 1.165) is 25.0 Å². The Morgan fingerprint density at radius 3 is 2.86 bits per heavy atom. The number of benzene rings is 1. The molecule has 1 saturated carbocycles. The van der Waals surface area contributed by atoms with Gasteiger partial charge in [0, 0.05) is 6.04 Å². The molecule has 4 heteroatoms. The summed E-state index contributed by atoms with van der Waals surface area (Å²) in [5.41, 5.74) is 2.21. The number of rotatable bonds is 5. The van der Waals surface area contributed by atoms with Crippen LogP contribution in [0.25, 0.3) is 0 Å². The fraction of sp³-hybridized carbons (Fsp3) is 0.588. The highest BCUT2D eigenvalue weighted by atomic mass is 32.2. The van der Waals surface area contributed by atoms with Gasteiger partial charge in [-0.1, -0.05) is 29.8 Å². The predicted molar refractivity (Wildman–Crippen MR) is 88.3 cm³/mol. The average molecular weight is 304 g/mol. The highest BCUT2D eigenvalue weighted by Gasteiger charge is 2.60. The lowest BCUT2D eigenvalue weighted by molar-refractivity contribution is -0.132. The summed E-state index contributed by atoms with van der Waals surface area (Å²) in [6.45, 7) is 4.29. The van der Waals surface area contributed by atoms with Crippen LogP contribution in [0.15, 0.2) is 24.3 Å². The number of thioether (sulfide) groups is 1. The van der Waals surface area contributed by atoms with Crippen molar-refractivity contribution in [1.29, 1.82) is 0 Å². The highest BCUT2D eigenvalue weighted by Crippen LogP contribution is 2.47. The third-order valence-electron chi connectivity index (χ3n) is 4.66. The number of hydrogen-bond acceptors (Lipinski definition) is 3. The smallest absolute Gasteiger partial charge is 0.244 e. The lowest BCUT2D eigenvalue weighted by Crippen LogP contribution is -2.39. The molecule has 21 heavy (non-hydrogen) atoms. The second-order valence-corrected chi connectivity index (χ2v) is 7.37. The zero-order chi connectivity index (χ0) is 15.0. The average Bonchev–Trinajstić information content (AvgIpc) is 3.18. The van der Waals surface area contributed by atoms with Crippen LogP contribution in [0.2, 0.25) is 0 Å². The van der Waals surface area contributed by atoms with Crippen molar-refractivity contribution in [3.05, 3.63) is 35.4 Å². The molecule has 0 aromatic heterocycles. The first kappa shape index (κ1) is 14.9. The van der Waals surface area contributed by atoms with Crippen molar-refractivity contribution in [1.82, 2.24) is 10.2 Å². The third kappa shape index (κ3) is 2.71. The van der Waals surface area contributed by atoms with Crippen LogP contribution in [0.4, 0.5) is 0 Å². The largest absolute Gasteiger partial charge is 0.319 e. The molecule has 2 atom stereocenters. The molecule has 3 rings (SSSR count). The Labute approximate surface area is 131 Å². The molecule has 1 aromatic carbocycles. The predicted octanol–water partition coefficient (Wildman–Crippen LogP) is 3.10. The Balaban J connectivity index is 1.88. The van der Waals surface area contributed by atoms with Gasteiger partial charge in [-0.3, -0.25) is 10.1 Å². The molecule has 1 N–H and O–H groups in total. The second kappa shape index (κ2) is 5.65. The molecule has 3 nitrogen and oxygen atoms in total. The molecule has 0 radical (unpaired) electrons. The summed E-state index contributed by atoms with van der Waals surface area (Å²) in [7, 11) is 0. The van der Waals surface area contributed by atoms with E-state index in [4.69, 9.17) is 0 Å². The van der Waals surface area contributed by atoms with Crippen molar-refractivity contribution in [3.63, 3.8) is 0 Å². The van der Waals surface area contributed by atoms with E-state index >= 15 is 0 Å². The van der Waals surface area contributed by atoms with Crippen LogP contribution >= 0.6 is 11.8 Å². The number of aryl methyl sites for hydroxylation is 1. The second-order valence-electron chi connectivity index (χ2n) is 6.39. The minimum absolute atomic E-state index is 0.0387. The molecule has 1 spiro atoms. The van der Waals surface area contributed by atoms with Gasteiger partial charge in [0.2, 0.25) is 5.91 Å². The first-order valence-corrected chi connectivity index (χ1v) is 9.13. The summed E-state index contributed by atoms with van der Waals surface area (Å²) >= 11 is 1.85. The van der Waals surface area contributed by atoms with E-state index in [-0.39, 0.29) is 17.7 Å². The number of carbonyl (C=O) groups excluding carboxylic acids is 1. The molecule has 2 unspecified atom stereocenters. The van der Waals surface area contributed by atoms with Gasteiger partial charge in [-0.2, -0.15) is 11.8 Å². The summed E-state index contributed by atoms with van der Waals surface area (Å²) in [5, 5.41) is 3.61. The highest BCUT2D eigenvalue weighted by molar-refractivity contribution is 7.98. The molecule has 1 saturated heterocycles.